The quantitative estimate of drug-likeness (QED) is 0.747. The summed E-state index contributed by atoms with van der Waals surface area (Å²) in [6.07, 6.45) is 1.86. The minimum absolute atomic E-state index is 0.0283. The summed E-state index contributed by atoms with van der Waals surface area (Å²) in [4.78, 5) is 17.6. The summed E-state index contributed by atoms with van der Waals surface area (Å²) < 4.78 is 5.24. The molecule has 6 nitrogen and oxygen atoms in total. The van der Waals surface area contributed by atoms with Crippen molar-refractivity contribution in [2.45, 2.75) is 45.3 Å². The Labute approximate surface area is 184 Å². The fourth-order valence-corrected chi connectivity index (χ4v) is 4.57. The van der Waals surface area contributed by atoms with Crippen LogP contribution in [0.5, 0.6) is 11.5 Å². The molecule has 0 saturated carbocycles. The van der Waals surface area contributed by atoms with E-state index in [-0.39, 0.29) is 17.2 Å². The number of nitrogens with zero attached hydrogens (tertiary/aromatic N) is 2. The molecular weight excluding hydrogens is 390 g/mol. The first-order valence-corrected chi connectivity index (χ1v) is 11.1. The maximum absolute atomic E-state index is 13.2. The van der Waals surface area contributed by atoms with Gasteiger partial charge in [-0.25, -0.2) is 0 Å². The van der Waals surface area contributed by atoms with Gasteiger partial charge in [0.2, 0.25) is 0 Å². The molecule has 2 aliphatic heterocycles. The minimum Gasteiger partial charge on any atom is -0.504 e. The molecule has 4 rings (SSSR count). The molecule has 0 radical (unpaired) electrons. The number of piperazine rings is 1. The Kier molecular flexibility index (Phi) is 6.21. The molecule has 0 atom stereocenters. The van der Waals surface area contributed by atoms with Gasteiger partial charge in [-0.3, -0.25) is 9.69 Å². The third-order valence-electron chi connectivity index (χ3n) is 6.74. The second-order valence-electron chi connectivity index (χ2n) is 9.16. The van der Waals surface area contributed by atoms with Crippen molar-refractivity contribution < 1.29 is 14.6 Å². The third-order valence-corrected chi connectivity index (χ3v) is 6.74. The molecule has 0 unspecified atom stereocenters. The van der Waals surface area contributed by atoms with Crippen LogP contribution < -0.4 is 10.1 Å². The van der Waals surface area contributed by atoms with Crippen LogP contribution in [0.3, 0.4) is 0 Å². The van der Waals surface area contributed by atoms with Crippen molar-refractivity contribution in [2.75, 3.05) is 33.3 Å². The topological polar surface area (TPSA) is 65.0 Å². The van der Waals surface area contributed by atoms with E-state index >= 15 is 0 Å². The molecule has 0 bridgehead atoms. The maximum atomic E-state index is 13.2. The summed E-state index contributed by atoms with van der Waals surface area (Å²) in [5.41, 5.74) is 4.43. The van der Waals surface area contributed by atoms with Crippen LogP contribution in [0.4, 0.5) is 0 Å². The Hall–Kier alpha value is -2.57. The normalized spacial score (nSPS) is 16.9. The molecule has 166 valence electrons. The smallest absolute Gasteiger partial charge is 0.254 e. The van der Waals surface area contributed by atoms with Crippen molar-refractivity contribution in [3.05, 3.63) is 58.7 Å². The van der Waals surface area contributed by atoms with Crippen molar-refractivity contribution >= 4 is 5.91 Å². The second kappa shape index (κ2) is 8.89. The lowest BCUT2D eigenvalue weighted by atomic mass is 9.93. The van der Waals surface area contributed by atoms with E-state index in [2.05, 4.69) is 30.1 Å². The van der Waals surface area contributed by atoms with Crippen LogP contribution in [0.2, 0.25) is 0 Å². The zero-order chi connectivity index (χ0) is 22.0. The zero-order valence-corrected chi connectivity index (χ0v) is 18.8. The Bertz CT molecular complexity index is 951. The molecule has 1 amide bonds. The molecular formula is C25H33N3O3. The van der Waals surface area contributed by atoms with Gasteiger partial charge in [-0.2, -0.15) is 0 Å². The number of phenols is 1. The van der Waals surface area contributed by atoms with Crippen molar-refractivity contribution in [1.29, 1.82) is 0 Å². The molecule has 2 aromatic rings. The number of hydrogen-bond acceptors (Lipinski definition) is 5. The first kappa shape index (κ1) is 21.7. The SMILES string of the molecule is COc1cc(CCC(C)(C)N2Cc3cccc(C(=O)N4CCNCC4)c3C2)ccc1O. The number of carbonyl (C=O) groups excluding carboxylic acids is 1. The molecule has 2 heterocycles. The van der Waals surface area contributed by atoms with Gasteiger partial charge in [0.15, 0.2) is 11.5 Å². The van der Waals surface area contributed by atoms with Crippen LogP contribution in [0.15, 0.2) is 36.4 Å². The van der Waals surface area contributed by atoms with Gasteiger partial charge < -0.3 is 20.1 Å². The molecule has 2 aliphatic rings. The number of phenolic OH excluding ortho intramolecular Hbond substituents is 1. The summed E-state index contributed by atoms with van der Waals surface area (Å²) in [6, 6.07) is 11.7. The van der Waals surface area contributed by atoms with E-state index in [1.165, 1.54) is 11.1 Å². The fraction of sp³-hybridized carbons (Fsp3) is 0.480. The standard InChI is InChI=1S/C25H33N3O3/c1-25(2,10-9-18-7-8-22(29)23(15-18)31-3)28-16-19-5-4-6-20(21(19)17-28)24(30)27-13-11-26-12-14-27/h4-8,15,26,29H,9-14,16-17H2,1-3H3. The van der Waals surface area contributed by atoms with E-state index in [0.29, 0.717) is 5.75 Å². The summed E-state index contributed by atoms with van der Waals surface area (Å²) >= 11 is 0. The Morgan fingerprint density at radius 3 is 2.68 bits per heavy atom. The van der Waals surface area contributed by atoms with E-state index in [1.807, 2.05) is 29.2 Å². The van der Waals surface area contributed by atoms with Crippen molar-refractivity contribution in [1.82, 2.24) is 15.1 Å². The highest BCUT2D eigenvalue weighted by Gasteiger charge is 2.34. The number of rotatable bonds is 6. The molecule has 2 aromatic carbocycles. The van der Waals surface area contributed by atoms with Crippen LogP contribution in [-0.2, 0) is 19.5 Å². The Balaban J connectivity index is 1.46. The number of nitrogens with one attached hydrogen (secondary N) is 1. The highest BCUT2D eigenvalue weighted by atomic mass is 16.5. The lowest BCUT2D eigenvalue weighted by Gasteiger charge is -2.36. The Morgan fingerprint density at radius 2 is 1.94 bits per heavy atom. The van der Waals surface area contributed by atoms with E-state index in [9.17, 15) is 9.90 Å². The molecule has 1 saturated heterocycles. The number of methoxy groups -OCH3 is 1. The van der Waals surface area contributed by atoms with Crippen LogP contribution in [-0.4, -0.2) is 59.6 Å². The van der Waals surface area contributed by atoms with Gasteiger partial charge in [-0.15, -0.1) is 0 Å². The summed E-state index contributed by atoms with van der Waals surface area (Å²) in [7, 11) is 1.57. The zero-order valence-electron chi connectivity index (χ0n) is 18.8. The average molecular weight is 424 g/mol. The Morgan fingerprint density at radius 1 is 1.16 bits per heavy atom. The lowest BCUT2D eigenvalue weighted by molar-refractivity contribution is 0.0731. The number of carbonyl (C=O) groups is 1. The van der Waals surface area contributed by atoms with Crippen LogP contribution in [0, 0.1) is 0 Å². The number of ether oxygens (including phenoxy) is 1. The number of aromatic hydroxyl groups is 1. The average Bonchev–Trinajstić information content (AvgIpc) is 3.24. The number of amides is 1. The van der Waals surface area contributed by atoms with Gasteiger partial charge in [0.25, 0.3) is 5.91 Å². The van der Waals surface area contributed by atoms with Crippen molar-refractivity contribution in [2.24, 2.45) is 0 Å². The predicted molar refractivity (Wildman–Crippen MR) is 122 cm³/mol. The molecule has 31 heavy (non-hydrogen) atoms. The molecule has 0 aromatic heterocycles. The number of hydrogen-bond donors (Lipinski definition) is 2. The van der Waals surface area contributed by atoms with E-state index in [1.54, 1.807) is 13.2 Å². The number of aryl methyl sites for hydroxylation is 1. The van der Waals surface area contributed by atoms with Gasteiger partial charge in [-0.1, -0.05) is 18.2 Å². The fourth-order valence-electron chi connectivity index (χ4n) is 4.57. The molecule has 6 heteroatoms. The van der Waals surface area contributed by atoms with E-state index in [4.69, 9.17) is 4.74 Å². The first-order chi connectivity index (χ1) is 14.9. The van der Waals surface area contributed by atoms with Crippen LogP contribution in [0.25, 0.3) is 0 Å². The summed E-state index contributed by atoms with van der Waals surface area (Å²) in [5, 5.41) is 13.1. The highest BCUT2D eigenvalue weighted by molar-refractivity contribution is 5.96. The molecule has 2 N–H and O–H groups in total. The molecule has 0 spiro atoms. The van der Waals surface area contributed by atoms with E-state index < -0.39 is 0 Å². The summed E-state index contributed by atoms with van der Waals surface area (Å²) in [6.45, 7) is 9.48. The lowest BCUT2D eigenvalue weighted by Crippen LogP contribution is -2.46. The second-order valence-corrected chi connectivity index (χ2v) is 9.16. The first-order valence-electron chi connectivity index (χ1n) is 11.1. The largest absolute Gasteiger partial charge is 0.504 e. The maximum Gasteiger partial charge on any atom is 0.254 e. The monoisotopic (exact) mass is 423 g/mol. The van der Waals surface area contributed by atoms with Gasteiger partial charge in [0, 0.05) is 50.4 Å². The minimum atomic E-state index is -0.0283. The van der Waals surface area contributed by atoms with Crippen molar-refractivity contribution in [3.63, 3.8) is 0 Å². The molecule has 0 aliphatic carbocycles. The molecule has 1 fully saturated rings. The van der Waals surface area contributed by atoms with Crippen LogP contribution >= 0.6 is 0 Å². The summed E-state index contributed by atoms with van der Waals surface area (Å²) in [5.74, 6) is 0.844. The van der Waals surface area contributed by atoms with E-state index in [0.717, 1.165) is 63.2 Å². The predicted octanol–water partition coefficient (Wildman–Crippen LogP) is 3.17. The van der Waals surface area contributed by atoms with Gasteiger partial charge >= 0.3 is 0 Å². The van der Waals surface area contributed by atoms with Crippen molar-refractivity contribution in [3.8, 4) is 11.5 Å². The number of benzene rings is 2. The van der Waals surface area contributed by atoms with Gasteiger partial charge in [0.1, 0.15) is 0 Å². The van der Waals surface area contributed by atoms with Crippen LogP contribution in [0.1, 0.15) is 47.3 Å². The third kappa shape index (κ3) is 4.55. The number of fused-ring (bicyclic) bond motifs is 1. The highest BCUT2D eigenvalue weighted by Crippen LogP contribution is 2.35. The van der Waals surface area contributed by atoms with Gasteiger partial charge in [0.05, 0.1) is 7.11 Å². The van der Waals surface area contributed by atoms with Gasteiger partial charge in [-0.05, 0) is 61.6 Å².